The molecule has 2 N–H and O–H groups in total. The van der Waals surface area contributed by atoms with Crippen molar-refractivity contribution in [2.24, 2.45) is 11.7 Å². The Balaban J connectivity index is 1.78. The summed E-state index contributed by atoms with van der Waals surface area (Å²) in [6.07, 6.45) is 6.43. The quantitative estimate of drug-likeness (QED) is 0.764. The van der Waals surface area contributed by atoms with E-state index in [9.17, 15) is 0 Å². The summed E-state index contributed by atoms with van der Waals surface area (Å²) in [6, 6.07) is 1.07. The topological polar surface area (TPSA) is 38.5 Å². The Labute approximate surface area is 93.0 Å². The molecule has 0 aromatic rings. The van der Waals surface area contributed by atoms with E-state index < -0.39 is 0 Å². The van der Waals surface area contributed by atoms with Gasteiger partial charge in [-0.15, -0.1) is 0 Å². The molecular weight excluding hydrogens is 188 g/mol. The molecule has 15 heavy (non-hydrogen) atoms. The van der Waals surface area contributed by atoms with E-state index in [0.29, 0.717) is 18.0 Å². The third-order valence-corrected chi connectivity index (χ3v) is 4.02. The highest BCUT2D eigenvalue weighted by Gasteiger charge is 2.27. The van der Waals surface area contributed by atoms with Gasteiger partial charge in [0.15, 0.2) is 0 Å². The average Bonchev–Trinajstić information content (AvgIpc) is 2.74. The van der Waals surface area contributed by atoms with Crippen LogP contribution in [0, 0.1) is 5.92 Å². The first kappa shape index (κ1) is 11.4. The van der Waals surface area contributed by atoms with E-state index in [-0.39, 0.29) is 0 Å². The van der Waals surface area contributed by atoms with Crippen molar-refractivity contribution in [3.05, 3.63) is 0 Å². The SMILES string of the molecule is CN(CC1CCCCC1N)C1CCOC1. The first-order valence-corrected chi connectivity index (χ1v) is 6.31. The van der Waals surface area contributed by atoms with Gasteiger partial charge in [-0.25, -0.2) is 0 Å². The van der Waals surface area contributed by atoms with E-state index >= 15 is 0 Å². The molecule has 2 rings (SSSR count). The van der Waals surface area contributed by atoms with Crippen LogP contribution in [0.3, 0.4) is 0 Å². The largest absolute Gasteiger partial charge is 0.380 e. The summed E-state index contributed by atoms with van der Waals surface area (Å²) in [5.74, 6) is 0.712. The third kappa shape index (κ3) is 2.92. The summed E-state index contributed by atoms with van der Waals surface area (Å²) in [5.41, 5.74) is 6.17. The minimum Gasteiger partial charge on any atom is -0.380 e. The first-order chi connectivity index (χ1) is 7.27. The molecule has 3 nitrogen and oxygen atoms in total. The molecule has 0 amide bonds. The molecule has 1 saturated heterocycles. The number of nitrogens with zero attached hydrogens (tertiary/aromatic N) is 1. The van der Waals surface area contributed by atoms with Crippen molar-refractivity contribution in [2.75, 3.05) is 26.8 Å². The van der Waals surface area contributed by atoms with Crippen LogP contribution in [-0.4, -0.2) is 43.8 Å². The highest BCUT2D eigenvalue weighted by atomic mass is 16.5. The normalized spacial score (nSPS) is 37.4. The van der Waals surface area contributed by atoms with E-state index in [0.717, 1.165) is 19.8 Å². The van der Waals surface area contributed by atoms with E-state index in [1.54, 1.807) is 0 Å². The van der Waals surface area contributed by atoms with Gasteiger partial charge < -0.3 is 15.4 Å². The van der Waals surface area contributed by atoms with E-state index in [1.807, 2.05) is 0 Å². The molecule has 1 aliphatic carbocycles. The van der Waals surface area contributed by atoms with Crippen molar-refractivity contribution in [2.45, 2.75) is 44.2 Å². The van der Waals surface area contributed by atoms with Crippen LogP contribution in [0.4, 0.5) is 0 Å². The Bertz CT molecular complexity index is 192. The molecule has 2 aliphatic rings. The maximum atomic E-state index is 6.17. The highest BCUT2D eigenvalue weighted by molar-refractivity contribution is 4.82. The second-order valence-corrected chi connectivity index (χ2v) is 5.17. The third-order valence-electron chi connectivity index (χ3n) is 4.02. The zero-order chi connectivity index (χ0) is 10.7. The lowest BCUT2D eigenvalue weighted by atomic mass is 9.84. The van der Waals surface area contributed by atoms with Gasteiger partial charge in [0.2, 0.25) is 0 Å². The second-order valence-electron chi connectivity index (χ2n) is 5.17. The lowest BCUT2D eigenvalue weighted by molar-refractivity contribution is 0.135. The molecule has 88 valence electrons. The molecule has 1 heterocycles. The summed E-state index contributed by atoms with van der Waals surface area (Å²) in [4.78, 5) is 2.46. The maximum absolute atomic E-state index is 6.17. The Kier molecular flexibility index (Phi) is 4.00. The van der Waals surface area contributed by atoms with E-state index in [1.165, 1.54) is 32.1 Å². The Morgan fingerprint density at radius 1 is 1.27 bits per heavy atom. The molecule has 3 atom stereocenters. The number of hydrogen-bond donors (Lipinski definition) is 1. The minimum atomic E-state index is 0.434. The van der Waals surface area contributed by atoms with Gasteiger partial charge in [0.1, 0.15) is 0 Å². The fourth-order valence-corrected chi connectivity index (χ4v) is 2.85. The highest BCUT2D eigenvalue weighted by Crippen LogP contribution is 2.24. The number of likely N-dealkylation sites (N-methyl/N-ethyl adjacent to an activating group) is 1. The van der Waals surface area contributed by atoms with Crippen molar-refractivity contribution < 1.29 is 4.74 Å². The molecule has 2 fully saturated rings. The lowest BCUT2D eigenvalue weighted by Crippen LogP contribution is -2.43. The average molecular weight is 212 g/mol. The molecule has 0 aromatic heterocycles. The fraction of sp³-hybridized carbons (Fsp3) is 1.00. The van der Waals surface area contributed by atoms with Gasteiger partial charge in [-0.05, 0) is 32.2 Å². The van der Waals surface area contributed by atoms with Crippen molar-refractivity contribution in [3.8, 4) is 0 Å². The first-order valence-electron chi connectivity index (χ1n) is 6.31. The number of ether oxygens (including phenoxy) is 1. The fourth-order valence-electron chi connectivity index (χ4n) is 2.85. The van der Waals surface area contributed by atoms with Crippen LogP contribution in [-0.2, 0) is 4.74 Å². The van der Waals surface area contributed by atoms with Gasteiger partial charge >= 0.3 is 0 Å². The van der Waals surface area contributed by atoms with E-state index in [4.69, 9.17) is 10.5 Å². The predicted molar refractivity (Wildman–Crippen MR) is 61.8 cm³/mol. The predicted octanol–water partition coefficient (Wildman–Crippen LogP) is 1.22. The molecule has 0 bridgehead atoms. The zero-order valence-corrected chi connectivity index (χ0v) is 9.82. The molecule has 0 aromatic carbocycles. The van der Waals surface area contributed by atoms with Crippen molar-refractivity contribution in [1.29, 1.82) is 0 Å². The van der Waals surface area contributed by atoms with Crippen LogP contribution in [0.15, 0.2) is 0 Å². The van der Waals surface area contributed by atoms with Gasteiger partial charge in [-0.2, -0.15) is 0 Å². The van der Waals surface area contributed by atoms with E-state index in [2.05, 4.69) is 11.9 Å². The Hall–Kier alpha value is -0.120. The number of rotatable bonds is 3. The monoisotopic (exact) mass is 212 g/mol. The van der Waals surface area contributed by atoms with Crippen LogP contribution < -0.4 is 5.73 Å². The van der Waals surface area contributed by atoms with Crippen LogP contribution in [0.5, 0.6) is 0 Å². The molecule has 1 aliphatic heterocycles. The number of hydrogen-bond acceptors (Lipinski definition) is 3. The van der Waals surface area contributed by atoms with Crippen molar-refractivity contribution in [3.63, 3.8) is 0 Å². The molecule has 0 spiro atoms. The Morgan fingerprint density at radius 3 is 2.73 bits per heavy atom. The second kappa shape index (κ2) is 5.28. The van der Waals surface area contributed by atoms with Gasteiger partial charge in [0.05, 0.1) is 6.61 Å². The smallest absolute Gasteiger partial charge is 0.0622 e. The van der Waals surface area contributed by atoms with Gasteiger partial charge in [-0.3, -0.25) is 0 Å². The molecule has 1 saturated carbocycles. The summed E-state index contributed by atoms with van der Waals surface area (Å²) in [5, 5.41) is 0. The zero-order valence-electron chi connectivity index (χ0n) is 9.82. The summed E-state index contributed by atoms with van der Waals surface area (Å²) >= 11 is 0. The lowest BCUT2D eigenvalue weighted by Gasteiger charge is -2.34. The van der Waals surface area contributed by atoms with Crippen LogP contribution >= 0.6 is 0 Å². The van der Waals surface area contributed by atoms with Gasteiger partial charge in [0, 0.05) is 25.2 Å². The molecule has 3 heteroatoms. The van der Waals surface area contributed by atoms with Crippen molar-refractivity contribution in [1.82, 2.24) is 4.90 Å². The summed E-state index contributed by atoms with van der Waals surface area (Å²) in [7, 11) is 2.22. The molecular formula is C12H24N2O. The van der Waals surface area contributed by atoms with Crippen LogP contribution in [0.1, 0.15) is 32.1 Å². The van der Waals surface area contributed by atoms with Crippen molar-refractivity contribution >= 4 is 0 Å². The standard InChI is InChI=1S/C12H24N2O/c1-14(11-6-7-15-9-11)8-10-4-2-3-5-12(10)13/h10-12H,2-9,13H2,1H3. The molecule has 0 radical (unpaired) electrons. The summed E-state index contributed by atoms with van der Waals surface area (Å²) < 4.78 is 5.42. The van der Waals surface area contributed by atoms with Gasteiger partial charge in [0.25, 0.3) is 0 Å². The van der Waals surface area contributed by atoms with Crippen LogP contribution in [0.25, 0.3) is 0 Å². The summed E-state index contributed by atoms with van der Waals surface area (Å²) in [6.45, 7) is 3.01. The van der Waals surface area contributed by atoms with Crippen LogP contribution in [0.2, 0.25) is 0 Å². The number of nitrogens with two attached hydrogens (primary N) is 1. The maximum Gasteiger partial charge on any atom is 0.0622 e. The minimum absolute atomic E-state index is 0.434. The Morgan fingerprint density at radius 2 is 2.07 bits per heavy atom. The van der Waals surface area contributed by atoms with Gasteiger partial charge in [-0.1, -0.05) is 12.8 Å². The molecule has 3 unspecified atom stereocenters.